The summed E-state index contributed by atoms with van der Waals surface area (Å²) >= 11 is 0. The third kappa shape index (κ3) is 1.83. The number of nitriles is 1. The van der Waals surface area contributed by atoms with E-state index in [1.807, 2.05) is 26.0 Å². The highest BCUT2D eigenvalue weighted by Gasteiger charge is 2.22. The zero-order valence-corrected chi connectivity index (χ0v) is 13.2. The molecule has 0 unspecified atom stereocenters. The Labute approximate surface area is 137 Å². The van der Waals surface area contributed by atoms with Crippen LogP contribution in [0.1, 0.15) is 16.8 Å². The number of anilines is 1. The van der Waals surface area contributed by atoms with Gasteiger partial charge < -0.3 is 10.2 Å². The summed E-state index contributed by atoms with van der Waals surface area (Å²) in [5, 5.41) is 22.3. The summed E-state index contributed by atoms with van der Waals surface area (Å²) in [7, 11) is 0. The van der Waals surface area contributed by atoms with Gasteiger partial charge in [-0.15, -0.1) is 0 Å². The first-order chi connectivity index (χ1) is 11.6. The Kier molecular flexibility index (Phi) is 2.93. The lowest BCUT2D eigenvalue weighted by Gasteiger charge is -2.10. The molecular weight excluding hydrogens is 304 g/mol. The summed E-state index contributed by atoms with van der Waals surface area (Å²) in [5.74, 6) is 0.783. The minimum absolute atomic E-state index is 0.278. The Morgan fingerprint density at radius 2 is 2.12 bits per heavy atom. The van der Waals surface area contributed by atoms with Crippen molar-refractivity contribution in [3.05, 3.63) is 47.3 Å². The summed E-state index contributed by atoms with van der Waals surface area (Å²) < 4.78 is 6.99. The van der Waals surface area contributed by atoms with Crippen molar-refractivity contribution in [3.63, 3.8) is 0 Å². The molecule has 7 nitrogen and oxygen atoms in total. The first-order valence-electron chi connectivity index (χ1n) is 7.39. The van der Waals surface area contributed by atoms with E-state index in [1.165, 1.54) is 6.26 Å². The number of aryl methyl sites for hydroxylation is 2. The molecule has 0 fully saturated rings. The molecule has 0 aliphatic heterocycles. The first kappa shape index (κ1) is 14.1. The monoisotopic (exact) mass is 318 g/mol. The maximum Gasteiger partial charge on any atom is 0.155 e. The summed E-state index contributed by atoms with van der Waals surface area (Å²) in [6.45, 7) is 3.91. The molecule has 0 atom stereocenters. The smallest absolute Gasteiger partial charge is 0.155 e. The Morgan fingerprint density at radius 3 is 2.83 bits per heavy atom. The molecule has 7 heteroatoms. The number of benzene rings is 1. The Balaban J connectivity index is 2.08. The molecule has 0 saturated carbocycles. The number of nitrogens with one attached hydrogen (secondary N) is 1. The van der Waals surface area contributed by atoms with Crippen molar-refractivity contribution >= 4 is 16.7 Å². The lowest BCUT2D eigenvalue weighted by Crippen LogP contribution is -2.05. The highest BCUT2D eigenvalue weighted by Crippen LogP contribution is 2.33. The van der Waals surface area contributed by atoms with Crippen molar-refractivity contribution in [2.24, 2.45) is 0 Å². The first-order valence-corrected chi connectivity index (χ1v) is 7.39. The van der Waals surface area contributed by atoms with E-state index in [0.717, 1.165) is 27.8 Å². The molecule has 3 N–H and O–H groups in total. The second kappa shape index (κ2) is 4.99. The fourth-order valence-electron chi connectivity index (χ4n) is 2.92. The van der Waals surface area contributed by atoms with Crippen molar-refractivity contribution in [3.8, 4) is 23.2 Å². The largest absolute Gasteiger partial charge is 0.463 e. The molecule has 118 valence electrons. The van der Waals surface area contributed by atoms with Crippen LogP contribution in [0.5, 0.6) is 0 Å². The van der Waals surface area contributed by atoms with Gasteiger partial charge in [-0.1, -0.05) is 6.07 Å². The average Bonchev–Trinajstić information content (AvgIpc) is 3.28. The standard InChI is InChI=1S/C17H14N6O/c1-9-5-6-12-14(10(2)20-21-12)16(9)23-17(19)11(8-18)15(22-23)13-4-3-7-24-13/h3-7H,19H2,1-2H3,(H,20,21). The maximum absolute atomic E-state index is 9.51. The van der Waals surface area contributed by atoms with Gasteiger partial charge in [0.15, 0.2) is 5.76 Å². The molecule has 4 rings (SSSR count). The van der Waals surface area contributed by atoms with Gasteiger partial charge in [-0.05, 0) is 37.6 Å². The molecule has 0 saturated heterocycles. The minimum atomic E-state index is 0.278. The SMILES string of the molecule is Cc1ccc2n[nH]c(C)c2c1-n1nc(-c2ccco2)c(C#N)c1N. The number of nitrogens with two attached hydrogens (primary N) is 1. The second-order valence-electron chi connectivity index (χ2n) is 5.58. The second-order valence-corrected chi connectivity index (χ2v) is 5.58. The summed E-state index contributed by atoms with van der Waals surface area (Å²) in [5.41, 5.74) is 10.5. The molecule has 0 amide bonds. The van der Waals surface area contributed by atoms with E-state index in [9.17, 15) is 5.26 Å². The topological polar surface area (TPSA) is 109 Å². The van der Waals surface area contributed by atoms with Crippen LogP contribution in [-0.4, -0.2) is 20.0 Å². The number of hydrogen-bond acceptors (Lipinski definition) is 5. The summed E-state index contributed by atoms with van der Waals surface area (Å²) in [4.78, 5) is 0. The van der Waals surface area contributed by atoms with Crippen LogP contribution >= 0.6 is 0 Å². The predicted octanol–water partition coefficient (Wildman–Crippen LogP) is 3.08. The number of hydrogen-bond donors (Lipinski definition) is 2. The van der Waals surface area contributed by atoms with Crippen molar-refractivity contribution < 1.29 is 4.42 Å². The molecule has 0 aliphatic rings. The van der Waals surface area contributed by atoms with Gasteiger partial charge in [0.2, 0.25) is 0 Å². The van der Waals surface area contributed by atoms with Crippen molar-refractivity contribution in [1.29, 1.82) is 5.26 Å². The Hall–Kier alpha value is -3.53. The van der Waals surface area contributed by atoms with Crippen LogP contribution in [0.3, 0.4) is 0 Å². The lowest BCUT2D eigenvalue weighted by molar-refractivity contribution is 0.579. The van der Waals surface area contributed by atoms with E-state index in [2.05, 4.69) is 21.4 Å². The van der Waals surface area contributed by atoms with E-state index < -0.39 is 0 Å². The van der Waals surface area contributed by atoms with Gasteiger partial charge in [0.25, 0.3) is 0 Å². The quantitative estimate of drug-likeness (QED) is 0.590. The van der Waals surface area contributed by atoms with E-state index >= 15 is 0 Å². The summed E-state index contributed by atoms with van der Waals surface area (Å²) in [6, 6.07) is 9.52. The fraction of sp³-hybridized carbons (Fsp3) is 0.118. The average molecular weight is 318 g/mol. The number of rotatable bonds is 2. The van der Waals surface area contributed by atoms with E-state index in [1.54, 1.807) is 16.8 Å². The van der Waals surface area contributed by atoms with Gasteiger partial charge >= 0.3 is 0 Å². The van der Waals surface area contributed by atoms with Gasteiger partial charge in [0.05, 0.1) is 17.5 Å². The zero-order chi connectivity index (χ0) is 16.8. The highest BCUT2D eigenvalue weighted by molar-refractivity contribution is 5.92. The van der Waals surface area contributed by atoms with Crippen LogP contribution in [0.2, 0.25) is 0 Å². The molecule has 3 aromatic heterocycles. The zero-order valence-electron chi connectivity index (χ0n) is 13.2. The third-order valence-corrected chi connectivity index (χ3v) is 4.08. The molecule has 4 aromatic rings. The van der Waals surface area contributed by atoms with Crippen molar-refractivity contribution in [2.45, 2.75) is 13.8 Å². The van der Waals surface area contributed by atoms with E-state index in [-0.39, 0.29) is 5.82 Å². The fourth-order valence-corrected chi connectivity index (χ4v) is 2.92. The van der Waals surface area contributed by atoms with Crippen LogP contribution in [-0.2, 0) is 0 Å². The number of H-pyrrole nitrogens is 1. The van der Waals surface area contributed by atoms with Gasteiger partial charge in [0.1, 0.15) is 23.1 Å². The van der Waals surface area contributed by atoms with Gasteiger partial charge in [-0.2, -0.15) is 15.5 Å². The Bertz CT molecular complexity index is 1090. The maximum atomic E-state index is 9.51. The molecule has 1 aromatic carbocycles. The number of aromatic amines is 1. The summed E-state index contributed by atoms with van der Waals surface area (Å²) in [6.07, 6.45) is 1.54. The van der Waals surface area contributed by atoms with Crippen LogP contribution in [0.25, 0.3) is 28.0 Å². The number of furan rings is 1. The molecule has 0 aliphatic carbocycles. The van der Waals surface area contributed by atoms with Crippen LogP contribution in [0.15, 0.2) is 34.9 Å². The van der Waals surface area contributed by atoms with Crippen molar-refractivity contribution in [2.75, 3.05) is 5.73 Å². The molecule has 0 spiro atoms. The molecular formula is C17H14N6O. The minimum Gasteiger partial charge on any atom is -0.463 e. The normalized spacial score (nSPS) is 11.0. The Morgan fingerprint density at radius 1 is 1.29 bits per heavy atom. The molecule has 0 radical (unpaired) electrons. The van der Waals surface area contributed by atoms with Gasteiger partial charge in [-0.25, -0.2) is 4.68 Å². The van der Waals surface area contributed by atoms with E-state index in [0.29, 0.717) is 17.0 Å². The van der Waals surface area contributed by atoms with Crippen LogP contribution < -0.4 is 5.73 Å². The number of aromatic nitrogens is 4. The van der Waals surface area contributed by atoms with Gasteiger partial charge in [-0.3, -0.25) is 5.10 Å². The lowest BCUT2D eigenvalue weighted by atomic mass is 10.1. The number of nitrogens with zero attached hydrogens (tertiary/aromatic N) is 4. The van der Waals surface area contributed by atoms with Crippen LogP contribution in [0, 0.1) is 25.2 Å². The molecule has 24 heavy (non-hydrogen) atoms. The number of nitrogen functional groups attached to an aromatic ring is 1. The highest BCUT2D eigenvalue weighted by atomic mass is 16.3. The molecule has 3 heterocycles. The third-order valence-electron chi connectivity index (χ3n) is 4.08. The molecule has 0 bridgehead atoms. The predicted molar refractivity (Wildman–Crippen MR) is 89.5 cm³/mol. The van der Waals surface area contributed by atoms with Gasteiger partial charge in [0, 0.05) is 11.1 Å². The number of fused-ring (bicyclic) bond motifs is 1. The van der Waals surface area contributed by atoms with Crippen molar-refractivity contribution in [1.82, 2.24) is 20.0 Å². The van der Waals surface area contributed by atoms with Crippen LogP contribution in [0.4, 0.5) is 5.82 Å². The van der Waals surface area contributed by atoms with E-state index in [4.69, 9.17) is 10.2 Å².